The van der Waals surface area contributed by atoms with Crippen molar-refractivity contribution in [3.63, 3.8) is 0 Å². The molecular weight excluding hydrogens is 399 g/mol. The van der Waals surface area contributed by atoms with Crippen molar-refractivity contribution in [2.75, 3.05) is 13.2 Å². The first-order valence-electron chi connectivity index (χ1n) is 9.16. The van der Waals surface area contributed by atoms with Gasteiger partial charge in [-0.05, 0) is 43.2 Å². The molecule has 29 heavy (non-hydrogen) atoms. The molecule has 1 aliphatic heterocycles. The van der Waals surface area contributed by atoms with Crippen LogP contribution in [-0.2, 0) is 4.74 Å². The van der Waals surface area contributed by atoms with Crippen molar-refractivity contribution >= 4 is 34.2 Å². The number of phenols is 1. The Kier molecular flexibility index (Phi) is 5.51. The van der Waals surface area contributed by atoms with Crippen LogP contribution in [0.15, 0.2) is 51.9 Å². The number of ether oxygens (including phenoxy) is 1. The van der Waals surface area contributed by atoms with Crippen LogP contribution < -0.4 is 10.9 Å². The molecule has 0 spiro atoms. The molecule has 150 valence electrons. The Morgan fingerprint density at radius 3 is 2.93 bits per heavy atom. The molecule has 3 aromatic rings. The first-order valence-corrected chi connectivity index (χ1v) is 9.54. The average Bonchev–Trinajstić information content (AvgIpc) is 3.22. The summed E-state index contributed by atoms with van der Waals surface area (Å²) in [6, 6.07) is 9.88. The number of phenolic OH excluding ortho intramolecular Hbond substituents is 1. The summed E-state index contributed by atoms with van der Waals surface area (Å²) in [5, 5.41) is 13.4. The maximum atomic E-state index is 13.6. The molecule has 1 saturated heterocycles. The molecule has 0 aliphatic carbocycles. The number of benzene rings is 2. The second-order valence-electron chi connectivity index (χ2n) is 6.74. The fourth-order valence-corrected chi connectivity index (χ4v) is 3.30. The molecule has 1 unspecified atom stereocenters. The molecule has 1 atom stereocenters. The van der Waals surface area contributed by atoms with Gasteiger partial charge in [0.05, 0.1) is 16.8 Å². The Balaban J connectivity index is 1.79. The number of amides is 1. The van der Waals surface area contributed by atoms with Crippen molar-refractivity contribution in [1.82, 2.24) is 5.32 Å². The number of hydrogen-bond donors (Lipinski definition) is 2. The van der Waals surface area contributed by atoms with E-state index in [9.17, 15) is 14.3 Å². The number of nitrogens with one attached hydrogen (secondary N) is 1. The van der Waals surface area contributed by atoms with Crippen molar-refractivity contribution in [2.24, 2.45) is 4.99 Å². The van der Waals surface area contributed by atoms with Gasteiger partial charge >= 0.3 is 0 Å². The van der Waals surface area contributed by atoms with E-state index in [-0.39, 0.29) is 33.7 Å². The molecule has 2 N–H and O–H groups in total. The van der Waals surface area contributed by atoms with Crippen LogP contribution in [0.25, 0.3) is 11.0 Å². The zero-order chi connectivity index (χ0) is 20.4. The van der Waals surface area contributed by atoms with E-state index in [1.54, 1.807) is 12.1 Å². The Hall–Kier alpha value is -2.90. The maximum Gasteiger partial charge on any atom is 0.256 e. The van der Waals surface area contributed by atoms with Gasteiger partial charge in [0.25, 0.3) is 5.91 Å². The van der Waals surface area contributed by atoms with Crippen LogP contribution in [0.4, 0.5) is 10.1 Å². The summed E-state index contributed by atoms with van der Waals surface area (Å²) in [6.07, 6.45) is 1.83. The lowest BCUT2D eigenvalue weighted by Crippen LogP contribution is -2.34. The molecule has 4 rings (SSSR count). The Morgan fingerprint density at radius 2 is 2.14 bits per heavy atom. The normalized spacial score (nSPS) is 17.0. The third-order valence-electron chi connectivity index (χ3n) is 4.62. The van der Waals surface area contributed by atoms with Crippen molar-refractivity contribution < 1.29 is 23.4 Å². The van der Waals surface area contributed by atoms with Crippen LogP contribution in [0, 0.1) is 5.82 Å². The molecule has 0 saturated carbocycles. The van der Waals surface area contributed by atoms with Gasteiger partial charge in [-0.25, -0.2) is 9.38 Å². The first kappa shape index (κ1) is 19.4. The number of fused-ring (bicyclic) bond motifs is 1. The highest BCUT2D eigenvalue weighted by atomic mass is 35.5. The fraction of sp³-hybridized carbons (Fsp3) is 0.238. The van der Waals surface area contributed by atoms with Gasteiger partial charge in [-0.3, -0.25) is 4.79 Å². The number of carbonyl (C=O) groups is 1. The number of rotatable bonds is 4. The second-order valence-corrected chi connectivity index (χ2v) is 7.15. The van der Waals surface area contributed by atoms with Crippen molar-refractivity contribution in [3.8, 4) is 5.75 Å². The number of nitrogens with zero attached hydrogens (tertiary/aromatic N) is 1. The largest absolute Gasteiger partial charge is 0.508 e. The van der Waals surface area contributed by atoms with Gasteiger partial charge in [-0.2, -0.15) is 0 Å². The van der Waals surface area contributed by atoms with Gasteiger partial charge < -0.3 is 19.6 Å². The third kappa shape index (κ3) is 4.41. The molecule has 1 amide bonds. The predicted octanol–water partition coefficient (Wildman–Crippen LogP) is 4.07. The van der Waals surface area contributed by atoms with Gasteiger partial charge in [0, 0.05) is 30.7 Å². The van der Waals surface area contributed by atoms with Crippen LogP contribution >= 0.6 is 11.6 Å². The Labute approximate surface area is 170 Å². The molecule has 0 bridgehead atoms. The first-order chi connectivity index (χ1) is 14.0. The van der Waals surface area contributed by atoms with E-state index in [2.05, 4.69) is 10.3 Å². The molecule has 0 radical (unpaired) electrons. The Bertz CT molecular complexity index is 1140. The molecule has 1 aliphatic rings. The molecule has 1 aromatic heterocycles. The maximum absolute atomic E-state index is 13.6. The average molecular weight is 417 g/mol. The second kappa shape index (κ2) is 8.23. The van der Waals surface area contributed by atoms with Crippen molar-refractivity contribution in [2.45, 2.75) is 18.9 Å². The lowest BCUT2D eigenvalue weighted by atomic mass is 10.1. The van der Waals surface area contributed by atoms with E-state index < -0.39 is 11.7 Å². The van der Waals surface area contributed by atoms with E-state index in [1.807, 2.05) is 0 Å². The van der Waals surface area contributed by atoms with E-state index in [1.165, 1.54) is 24.3 Å². The van der Waals surface area contributed by atoms with Gasteiger partial charge in [-0.15, -0.1) is 0 Å². The fourth-order valence-electron chi connectivity index (χ4n) is 3.14. The molecule has 6 nitrogen and oxygen atoms in total. The highest BCUT2D eigenvalue weighted by molar-refractivity contribution is 6.32. The monoisotopic (exact) mass is 416 g/mol. The minimum Gasteiger partial charge on any atom is -0.508 e. The van der Waals surface area contributed by atoms with Gasteiger partial charge in [0.2, 0.25) is 5.55 Å². The summed E-state index contributed by atoms with van der Waals surface area (Å²) in [5.41, 5.74) is 0.581. The summed E-state index contributed by atoms with van der Waals surface area (Å²) in [4.78, 5) is 17.1. The molecule has 1 fully saturated rings. The molecule has 8 heteroatoms. The SMILES string of the molecule is O=C(NCC1CCCO1)c1cc2ccc(O)cc2oc1=Nc1cc(F)ccc1Cl. The van der Waals surface area contributed by atoms with Crippen molar-refractivity contribution in [3.05, 3.63) is 64.4 Å². The smallest absolute Gasteiger partial charge is 0.256 e. The van der Waals surface area contributed by atoms with Crippen LogP contribution in [0.2, 0.25) is 5.02 Å². The summed E-state index contributed by atoms with van der Waals surface area (Å²) in [7, 11) is 0. The minimum absolute atomic E-state index is 0.00608. The highest BCUT2D eigenvalue weighted by Crippen LogP contribution is 2.26. The van der Waals surface area contributed by atoms with Crippen LogP contribution in [-0.4, -0.2) is 30.3 Å². The van der Waals surface area contributed by atoms with Crippen LogP contribution in [0.5, 0.6) is 5.75 Å². The topological polar surface area (TPSA) is 84.1 Å². The summed E-state index contributed by atoms with van der Waals surface area (Å²) in [6.45, 7) is 1.06. The zero-order valence-electron chi connectivity index (χ0n) is 15.3. The number of halogens is 2. The molecule has 2 heterocycles. The van der Waals surface area contributed by atoms with Gasteiger partial charge in [0.15, 0.2) is 0 Å². The standard InChI is InChI=1S/C21H18ClFN2O4/c22-17-6-4-13(23)9-18(17)25-21-16(20(27)24-11-15-2-1-7-28-15)8-12-3-5-14(26)10-19(12)29-21/h3-6,8-10,15,26H,1-2,7,11H2,(H,24,27). The minimum atomic E-state index is -0.518. The third-order valence-corrected chi connectivity index (χ3v) is 4.94. The van der Waals surface area contributed by atoms with Crippen LogP contribution in [0.3, 0.4) is 0 Å². The lowest BCUT2D eigenvalue weighted by Gasteiger charge is -2.11. The van der Waals surface area contributed by atoms with E-state index in [4.69, 9.17) is 20.8 Å². The number of carbonyl (C=O) groups excluding carboxylic acids is 1. The highest BCUT2D eigenvalue weighted by Gasteiger charge is 2.19. The van der Waals surface area contributed by atoms with E-state index in [0.717, 1.165) is 18.9 Å². The Morgan fingerprint density at radius 1 is 1.28 bits per heavy atom. The van der Waals surface area contributed by atoms with E-state index >= 15 is 0 Å². The van der Waals surface area contributed by atoms with Gasteiger partial charge in [0.1, 0.15) is 22.7 Å². The zero-order valence-corrected chi connectivity index (χ0v) is 16.1. The quantitative estimate of drug-likeness (QED) is 0.671. The molecular formula is C21H18ClFN2O4. The summed E-state index contributed by atoms with van der Waals surface area (Å²) >= 11 is 6.11. The summed E-state index contributed by atoms with van der Waals surface area (Å²) in [5.74, 6) is -0.909. The summed E-state index contributed by atoms with van der Waals surface area (Å²) < 4.78 is 24.9. The molecule has 2 aromatic carbocycles. The van der Waals surface area contributed by atoms with E-state index in [0.29, 0.717) is 24.1 Å². The van der Waals surface area contributed by atoms with Gasteiger partial charge in [-0.1, -0.05) is 11.6 Å². The number of hydrogen-bond acceptors (Lipinski definition) is 5. The predicted molar refractivity (Wildman–Crippen MR) is 106 cm³/mol. The van der Waals surface area contributed by atoms with Crippen LogP contribution in [0.1, 0.15) is 23.2 Å². The van der Waals surface area contributed by atoms with Crippen molar-refractivity contribution in [1.29, 1.82) is 0 Å². The number of aromatic hydroxyl groups is 1. The lowest BCUT2D eigenvalue weighted by molar-refractivity contribution is 0.0854.